The van der Waals surface area contributed by atoms with E-state index in [1.807, 2.05) is 0 Å². The van der Waals surface area contributed by atoms with Crippen LogP contribution >= 0.6 is 0 Å². The summed E-state index contributed by atoms with van der Waals surface area (Å²) in [6, 6.07) is 0. The first-order valence-corrected chi connectivity index (χ1v) is 6.72. The Morgan fingerprint density at radius 3 is 2.81 bits per heavy atom. The molecule has 0 spiro atoms. The van der Waals surface area contributed by atoms with Crippen molar-refractivity contribution in [1.82, 2.24) is 5.32 Å². The monoisotopic (exact) mass is 218 g/mol. The second-order valence-corrected chi connectivity index (χ2v) is 5.64. The van der Waals surface area contributed by atoms with E-state index in [2.05, 4.69) is 12.2 Å². The topological polar surface area (TPSA) is 38.0 Å². The summed E-state index contributed by atoms with van der Waals surface area (Å²) in [6.45, 7) is 2.36. The highest BCUT2D eigenvalue weighted by Gasteiger charge is 2.30. The second-order valence-electron chi connectivity index (χ2n) is 5.64. The van der Waals surface area contributed by atoms with Crippen molar-refractivity contribution in [2.45, 2.75) is 58.0 Å². The summed E-state index contributed by atoms with van der Waals surface area (Å²) < 4.78 is 0. The van der Waals surface area contributed by atoms with Crippen LogP contribution in [0.1, 0.15) is 51.9 Å². The van der Waals surface area contributed by atoms with Crippen molar-refractivity contribution in [3.8, 4) is 0 Å². The Morgan fingerprint density at radius 1 is 1.12 bits per heavy atom. The maximum absolute atomic E-state index is 6.22. The third-order valence-electron chi connectivity index (χ3n) is 4.37. The first-order valence-electron chi connectivity index (χ1n) is 6.72. The van der Waals surface area contributed by atoms with E-state index in [0.717, 1.165) is 5.92 Å². The molecule has 3 aliphatic rings. The summed E-state index contributed by atoms with van der Waals surface area (Å²) in [7, 11) is 0. The first kappa shape index (κ1) is 10.4. The normalized spacial score (nSPS) is 34.4. The summed E-state index contributed by atoms with van der Waals surface area (Å²) in [4.78, 5) is 0. The molecule has 0 saturated carbocycles. The molecule has 0 saturated heterocycles. The van der Waals surface area contributed by atoms with Crippen molar-refractivity contribution in [3.63, 3.8) is 0 Å². The number of fused-ring (bicyclic) bond motifs is 1. The lowest BCUT2D eigenvalue weighted by Crippen LogP contribution is -2.41. The minimum Gasteiger partial charge on any atom is -0.370 e. The maximum atomic E-state index is 6.22. The van der Waals surface area contributed by atoms with Crippen LogP contribution in [-0.2, 0) is 0 Å². The van der Waals surface area contributed by atoms with E-state index in [0.29, 0.717) is 0 Å². The lowest BCUT2D eigenvalue weighted by molar-refractivity contribution is 0.500. The van der Waals surface area contributed by atoms with Crippen LogP contribution in [0.2, 0.25) is 0 Å². The van der Waals surface area contributed by atoms with Crippen LogP contribution < -0.4 is 11.1 Å². The predicted octanol–water partition coefficient (Wildman–Crippen LogP) is 2.82. The van der Waals surface area contributed by atoms with Crippen LogP contribution in [0.15, 0.2) is 22.4 Å². The van der Waals surface area contributed by atoms with Gasteiger partial charge in [0.2, 0.25) is 0 Å². The molecule has 2 unspecified atom stereocenters. The van der Waals surface area contributed by atoms with E-state index in [-0.39, 0.29) is 6.17 Å². The fraction of sp³-hybridized carbons (Fsp3) is 0.714. The molecule has 2 aliphatic carbocycles. The third-order valence-corrected chi connectivity index (χ3v) is 4.37. The maximum Gasteiger partial charge on any atom is 0.0969 e. The van der Waals surface area contributed by atoms with Crippen LogP contribution in [0.5, 0.6) is 0 Å². The predicted molar refractivity (Wildman–Crippen MR) is 66.6 cm³/mol. The molecule has 0 radical (unpaired) electrons. The van der Waals surface area contributed by atoms with E-state index in [9.17, 15) is 0 Å². The Labute approximate surface area is 98.0 Å². The fourth-order valence-corrected chi connectivity index (χ4v) is 3.56. The molecule has 3 rings (SSSR count). The van der Waals surface area contributed by atoms with E-state index in [1.54, 1.807) is 11.1 Å². The first-order chi connectivity index (χ1) is 7.75. The molecule has 2 heteroatoms. The number of nitrogens with two attached hydrogens (primary N) is 1. The van der Waals surface area contributed by atoms with Gasteiger partial charge in [-0.3, -0.25) is 0 Å². The fourth-order valence-electron chi connectivity index (χ4n) is 3.56. The average molecular weight is 218 g/mol. The smallest absolute Gasteiger partial charge is 0.0969 e. The van der Waals surface area contributed by atoms with Crippen LogP contribution in [0.3, 0.4) is 0 Å². The minimum absolute atomic E-state index is 0.113. The van der Waals surface area contributed by atoms with E-state index in [4.69, 9.17) is 5.73 Å². The van der Waals surface area contributed by atoms with Gasteiger partial charge in [-0.05, 0) is 61.2 Å². The molecule has 0 aromatic heterocycles. The number of hydrogen-bond donors (Lipinski definition) is 2. The van der Waals surface area contributed by atoms with Crippen LogP contribution in [0, 0.1) is 5.92 Å². The number of allylic oxidation sites excluding steroid dienone is 3. The highest BCUT2D eigenvalue weighted by Crippen LogP contribution is 2.41. The molecule has 2 nitrogen and oxygen atoms in total. The van der Waals surface area contributed by atoms with Crippen molar-refractivity contribution >= 4 is 0 Å². The number of rotatable bonds is 0. The molecule has 0 bridgehead atoms. The van der Waals surface area contributed by atoms with E-state index >= 15 is 0 Å². The lowest BCUT2D eigenvalue weighted by Gasteiger charge is -2.29. The van der Waals surface area contributed by atoms with Crippen LogP contribution in [0.25, 0.3) is 0 Å². The van der Waals surface area contributed by atoms with Crippen LogP contribution in [0.4, 0.5) is 0 Å². The van der Waals surface area contributed by atoms with Gasteiger partial charge in [-0.25, -0.2) is 0 Å². The molecule has 0 fully saturated rings. The highest BCUT2D eigenvalue weighted by atomic mass is 15.0. The second kappa shape index (κ2) is 3.92. The van der Waals surface area contributed by atoms with Crippen LogP contribution in [-0.4, -0.2) is 6.17 Å². The van der Waals surface area contributed by atoms with E-state index < -0.39 is 0 Å². The summed E-state index contributed by atoms with van der Waals surface area (Å²) in [6.07, 6.45) is 9.12. The lowest BCUT2D eigenvalue weighted by atomic mass is 9.91. The van der Waals surface area contributed by atoms with Crippen molar-refractivity contribution in [3.05, 3.63) is 22.4 Å². The molecular formula is C14H22N2. The zero-order valence-electron chi connectivity index (χ0n) is 10.2. The average Bonchev–Trinajstić information content (AvgIpc) is 2.65. The molecule has 0 aromatic rings. The van der Waals surface area contributed by atoms with Gasteiger partial charge < -0.3 is 11.1 Å². The Morgan fingerprint density at radius 2 is 1.94 bits per heavy atom. The Bertz CT molecular complexity index is 365. The zero-order chi connectivity index (χ0) is 11.1. The van der Waals surface area contributed by atoms with Gasteiger partial charge in [0.05, 0.1) is 6.17 Å². The molecule has 3 N–H and O–H groups in total. The molecular weight excluding hydrogens is 196 g/mol. The van der Waals surface area contributed by atoms with Gasteiger partial charge in [0.25, 0.3) is 0 Å². The standard InChI is InChI=1S/C14H22N2/c1-9-4-2-6-11-10-5-3-7-12(10)14(15)16-13(11)8-9/h9,14,16H,2-8,15H2,1H3. The quantitative estimate of drug-likeness (QED) is 0.656. The van der Waals surface area contributed by atoms with Gasteiger partial charge in [-0.2, -0.15) is 0 Å². The zero-order valence-corrected chi connectivity index (χ0v) is 10.2. The van der Waals surface area contributed by atoms with Gasteiger partial charge >= 0.3 is 0 Å². The minimum atomic E-state index is 0.113. The molecule has 0 amide bonds. The molecule has 2 atom stereocenters. The highest BCUT2D eigenvalue weighted by molar-refractivity contribution is 5.46. The molecule has 1 aliphatic heterocycles. The van der Waals surface area contributed by atoms with E-state index in [1.165, 1.54) is 56.2 Å². The third kappa shape index (κ3) is 1.60. The van der Waals surface area contributed by atoms with Gasteiger partial charge in [0.1, 0.15) is 0 Å². The Hall–Kier alpha value is -0.760. The van der Waals surface area contributed by atoms with Gasteiger partial charge in [0.15, 0.2) is 0 Å². The number of dihydropyridines is 1. The molecule has 0 aromatic carbocycles. The Balaban J connectivity index is 1.98. The summed E-state index contributed by atoms with van der Waals surface area (Å²) in [5, 5.41) is 3.56. The molecule has 16 heavy (non-hydrogen) atoms. The Kier molecular flexibility index (Phi) is 2.55. The van der Waals surface area contributed by atoms with Gasteiger partial charge in [0, 0.05) is 5.70 Å². The van der Waals surface area contributed by atoms with Crippen molar-refractivity contribution in [2.24, 2.45) is 11.7 Å². The van der Waals surface area contributed by atoms with Gasteiger partial charge in [-0.15, -0.1) is 0 Å². The van der Waals surface area contributed by atoms with Gasteiger partial charge in [-0.1, -0.05) is 13.3 Å². The largest absolute Gasteiger partial charge is 0.370 e. The van der Waals surface area contributed by atoms with Crippen molar-refractivity contribution in [1.29, 1.82) is 0 Å². The summed E-state index contributed by atoms with van der Waals surface area (Å²) in [5.74, 6) is 0.816. The molecule has 1 heterocycles. The summed E-state index contributed by atoms with van der Waals surface area (Å²) >= 11 is 0. The van der Waals surface area contributed by atoms with Crippen molar-refractivity contribution in [2.75, 3.05) is 0 Å². The van der Waals surface area contributed by atoms with Crippen molar-refractivity contribution < 1.29 is 0 Å². The molecule has 88 valence electrons. The number of nitrogens with one attached hydrogen (secondary N) is 1. The summed E-state index contributed by atoms with van der Waals surface area (Å²) in [5.41, 5.74) is 12.5. The SMILES string of the molecule is CC1CCCC2=C(C1)NC(N)C1=C2CCC1. The number of hydrogen-bond acceptors (Lipinski definition) is 2.